The maximum Gasteiger partial charge on any atom is 0.332 e. The normalized spacial score (nSPS) is 11.2. The third-order valence-corrected chi connectivity index (χ3v) is 4.62. The van der Waals surface area contributed by atoms with E-state index < -0.39 is 0 Å². The van der Waals surface area contributed by atoms with Crippen LogP contribution in [-0.4, -0.2) is 18.7 Å². The lowest BCUT2D eigenvalue weighted by Gasteiger charge is -2.06. The van der Waals surface area contributed by atoms with Gasteiger partial charge in [-0.2, -0.15) is 0 Å². The molecule has 0 spiro atoms. The molecule has 2 aromatic heterocycles. The summed E-state index contributed by atoms with van der Waals surface area (Å²) >= 11 is 1.61. The molecule has 7 heteroatoms. The van der Waals surface area contributed by atoms with Crippen LogP contribution in [0, 0.1) is 6.92 Å². The molecule has 2 heterocycles. The summed E-state index contributed by atoms with van der Waals surface area (Å²) < 4.78 is 4.28. The number of benzene rings is 1. The molecule has 0 bridgehead atoms. The van der Waals surface area contributed by atoms with Gasteiger partial charge in [-0.15, -0.1) is 11.8 Å². The molecule has 6 nitrogen and oxygen atoms in total. The molecule has 1 aromatic carbocycles. The third-order valence-electron chi connectivity index (χ3n) is 3.61. The number of aromatic nitrogens is 4. The quantitative estimate of drug-likeness (QED) is 0.687. The summed E-state index contributed by atoms with van der Waals surface area (Å²) in [6.45, 7) is 2.04. The van der Waals surface area contributed by atoms with Gasteiger partial charge in [0.1, 0.15) is 0 Å². The molecule has 0 N–H and O–H groups in total. The van der Waals surface area contributed by atoms with E-state index in [4.69, 9.17) is 0 Å². The summed E-state index contributed by atoms with van der Waals surface area (Å²) in [5, 5.41) is 0. The highest BCUT2D eigenvalue weighted by atomic mass is 32.2. The first-order chi connectivity index (χ1) is 10.5. The standard InChI is InChI=1S/C15H16N4O2S/c1-10-4-6-11(7-5-10)22-9-19-8-16-13-12(19)14(20)18(3)15(21)17(13)2/h4-8H,9H2,1-3H3. The summed E-state index contributed by atoms with van der Waals surface area (Å²) in [5.41, 5.74) is 1.39. The smallest absolute Gasteiger partial charge is 0.314 e. The average molecular weight is 316 g/mol. The van der Waals surface area contributed by atoms with Crippen LogP contribution in [0.5, 0.6) is 0 Å². The Kier molecular flexibility index (Phi) is 3.66. The van der Waals surface area contributed by atoms with Crippen LogP contribution in [0.3, 0.4) is 0 Å². The summed E-state index contributed by atoms with van der Waals surface area (Å²) in [6, 6.07) is 8.20. The second-order valence-corrected chi connectivity index (χ2v) is 6.20. The lowest BCUT2D eigenvalue weighted by atomic mass is 10.2. The Balaban J connectivity index is 2.00. The molecule has 0 aliphatic heterocycles. The van der Waals surface area contributed by atoms with Gasteiger partial charge >= 0.3 is 5.69 Å². The highest BCUT2D eigenvalue weighted by Gasteiger charge is 2.14. The van der Waals surface area contributed by atoms with E-state index in [1.807, 2.05) is 19.1 Å². The van der Waals surface area contributed by atoms with Crippen molar-refractivity contribution in [1.29, 1.82) is 0 Å². The van der Waals surface area contributed by atoms with Gasteiger partial charge < -0.3 is 4.57 Å². The van der Waals surface area contributed by atoms with E-state index in [1.54, 1.807) is 29.7 Å². The van der Waals surface area contributed by atoms with Gasteiger partial charge in [0.15, 0.2) is 11.2 Å². The Hall–Kier alpha value is -2.28. The van der Waals surface area contributed by atoms with E-state index in [-0.39, 0.29) is 11.2 Å². The summed E-state index contributed by atoms with van der Waals surface area (Å²) in [7, 11) is 3.10. The number of fused-ring (bicyclic) bond motifs is 1. The molecule has 114 valence electrons. The van der Waals surface area contributed by atoms with Crippen LogP contribution >= 0.6 is 11.8 Å². The van der Waals surface area contributed by atoms with Gasteiger partial charge in [-0.1, -0.05) is 17.7 Å². The van der Waals surface area contributed by atoms with Gasteiger partial charge in [0.05, 0.1) is 12.2 Å². The van der Waals surface area contributed by atoms with Crippen LogP contribution in [0.1, 0.15) is 5.56 Å². The number of nitrogens with zero attached hydrogens (tertiary/aromatic N) is 4. The molecule has 0 radical (unpaired) electrons. The number of hydrogen-bond donors (Lipinski definition) is 0. The van der Waals surface area contributed by atoms with Gasteiger partial charge in [0.2, 0.25) is 0 Å². The fourth-order valence-electron chi connectivity index (χ4n) is 2.27. The molecular formula is C15H16N4O2S. The Bertz CT molecular complexity index is 951. The number of imidazole rings is 1. The molecule has 0 saturated carbocycles. The zero-order chi connectivity index (χ0) is 15.9. The van der Waals surface area contributed by atoms with Gasteiger partial charge in [-0.3, -0.25) is 13.9 Å². The molecule has 3 aromatic rings. The highest BCUT2D eigenvalue weighted by molar-refractivity contribution is 7.98. The Morgan fingerprint density at radius 3 is 2.45 bits per heavy atom. The van der Waals surface area contributed by atoms with Crippen molar-refractivity contribution >= 4 is 22.9 Å². The first-order valence-corrected chi connectivity index (χ1v) is 7.78. The lowest BCUT2D eigenvalue weighted by molar-refractivity contribution is 0.705. The molecule has 0 fully saturated rings. The van der Waals surface area contributed by atoms with Crippen LogP contribution in [0.2, 0.25) is 0 Å². The molecule has 0 unspecified atom stereocenters. The van der Waals surface area contributed by atoms with Gasteiger partial charge in [0, 0.05) is 19.0 Å². The van der Waals surface area contributed by atoms with Crippen molar-refractivity contribution in [2.24, 2.45) is 14.1 Å². The van der Waals surface area contributed by atoms with Crippen molar-refractivity contribution in [3.63, 3.8) is 0 Å². The molecule has 0 aliphatic carbocycles. The van der Waals surface area contributed by atoms with Crippen molar-refractivity contribution < 1.29 is 0 Å². The molecule has 0 saturated heterocycles. The minimum atomic E-state index is -0.367. The van der Waals surface area contributed by atoms with Crippen LogP contribution < -0.4 is 11.2 Å². The zero-order valence-electron chi connectivity index (χ0n) is 12.6. The first kappa shape index (κ1) is 14.6. The number of hydrogen-bond acceptors (Lipinski definition) is 4. The second-order valence-electron chi connectivity index (χ2n) is 5.18. The molecule has 22 heavy (non-hydrogen) atoms. The topological polar surface area (TPSA) is 61.8 Å². The minimum Gasteiger partial charge on any atom is -0.314 e. The molecule has 3 rings (SSSR count). The molecule has 0 atom stereocenters. The van der Waals surface area contributed by atoms with E-state index in [0.717, 1.165) is 9.46 Å². The fraction of sp³-hybridized carbons (Fsp3) is 0.267. The Morgan fingerprint density at radius 1 is 1.09 bits per heavy atom. The minimum absolute atomic E-state index is 0.319. The van der Waals surface area contributed by atoms with E-state index in [9.17, 15) is 9.59 Å². The SMILES string of the molecule is Cc1ccc(SCn2cnc3c2c(=O)n(C)c(=O)n3C)cc1. The number of aryl methyl sites for hydroxylation is 2. The highest BCUT2D eigenvalue weighted by Crippen LogP contribution is 2.21. The predicted molar refractivity (Wildman–Crippen MR) is 87.3 cm³/mol. The number of thioether (sulfide) groups is 1. The number of rotatable bonds is 3. The summed E-state index contributed by atoms with van der Waals surface area (Å²) in [6.07, 6.45) is 1.60. The molecule has 0 amide bonds. The maximum absolute atomic E-state index is 12.3. The molecular weight excluding hydrogens is 300 g/mol. The monoisotopic (exact) mass is 316 g/mol. The van der Waals surface area contributed by atoms with Crippen LogP contribution in [0.25, 0.3) is 11.2 Å². The van der Waals surface area contributed by atoms with Gasteiger partial charge in [-0.05, 0) is 19.1 Å². The maximum atomic E-state index is 12.3. The Labute approximate surface area is 131 Å². The van der Waals surface area contributed by atoms with Crippen LogP contribution in [0.4, 0.5) is 0 Å². The Morgan fingerprint density at radius 2 is 1.77 bits per heavy atom. The van der Waals surface area contributed by atoms with Gasteiger partial charge in [0.25, 0.3) is 5.56 Å². The largest absolute Gasteiger partial charge is 0.332 e. The van der Waals surface area contributed by atoms with E-state index in [0.29, 0.717) is 17.0 Å². The third kappa shape index (κ3) is 2.37. The van der Waals surface area contributed by atoms with E-state index in [1.165, 1.54) is 17.2 Å². The molecule has 0 aliphatic rings. The summed E-state index contributed by atoms with van der Waals surface area (Å²) in [4.78, 5) is 29.5. The van der Waals surface area contributed by atoms with Crippen molar-refractivity contribution in [2.75, 3.05) is 0 Å². The van der Waals surface area contributed by atoms with E-state index >= 15 is 0 Å². The lowest BCUT2D eigenvalue weighted by Crippen LogP contribution is -2.37. The van der Waals surface area contributed by atoms with Crippen LogP contribution in [-0.2, 0) is 20.0 Å². The van der Waals surface area contributed by atoms with Crippen molar-refractivity contribution in [1.82, 2.24) is 18.7 Å². The van der Waals surface area contributed by atoms with Crippen LogP contribution in [0.15, 0.2) is 45.1 Å². The first-order valence-electron chi connectivity index (χ1n) is 6.79. The van der Waals surface area contributed by atoms with Gasteiger partial charge in [-0.25, -0.2) is 9.78 Å². The van der Waals surface area contributed by atoms with Crippen molar-refractivity contribution in [3.8, 4) is 0 Å². The van der Waals surface area contributed by atoms with Crippen molar-refractivity contribution in [3.05, 3.63) is 57.0 Å². The van der Waals surface area contributed by atoms with Crippen molar-refractivity contribution in [2.45, 2.75) is 17.7 Å². The second kappa shape index (κ2) is 5.49. The summed E-state index contributed by atoms with van der Waals surface area (Å²) in [5.74, 6) is 0.563. The predicted octanol–water partition coefficient (Wildman–Crippen LogP) is 1.49. The van der Waals surface area contributed by atoms with E-state index in [2.05, 4.69) is 17.1 Å². The zero-order valence-corrected chi connectivity index (χ0v) is 13.4. The fourth-order valence-corrected chi connectivity index (χ4v) is 3.09. The average Bonchev–Trinajstić information content (AvgIpc) is 2.94.